The van der Waals surface area contributed by atoms with E-state index < -0.39 is 0 Å². The van der Waals surface area contributed by atoms with Gasteiger partial charge in [-0.2, -0.15) is 11.8 Å². The molecule has 0 spiro atoms. The van der Waals surface area contributed by atoms with E-state index in [1.807, 2.05) is 0 Å². The monoisotopic (exact) mass is 324 g/mol. The number of rotatable bonds is 4. The SMILES string of the molecule is CCS[C@H]1CCCCC[C@@H]1Sc1ccc(C(C)(C)C)cc1.[HH]. The van der Waals surface area contributed by atoms with Gasteiger partial charge in [-0.1, -0.05) is 59.1 Å². The van der Waals surface area contributed by atoms with Crippen molar-refractivity contribution in [2.45, 2.75) is 80.6 Å². The Hall–Kier alpha value is -0.0800. The number of hydrogen-bond acceptors (Lipinski definition) is 2. The minimum Gasteiger partial charge on any atom is -0.158 e. The fourth-order valence-corrected chi connectivity index (χ4v) is 5.72. The zero-order valence-corrected chi connectivity index (χ0v) is 15.7. The van der Waals surface area contributed by atoms with Gasteiger partial charge in [0.05, 0.1) is 0 Å². The van der Waals surface area contributed by atoms with Crippen LogP contribution in [0.25, 0.3) is 0 Å². The van der Waals surface area contributed by atoms with Crippen molar-refractivity contribution in [2.75, 3.05) is 5.75 Å². The van der Waals surface area contributed by atoms with Crippen molar-refractivity contribution in [2.24, 2.45) is 0 Å². The molecule has 1 aromatic rings. The molecule has 0 bridgehead atoms. The van der Waals surface area contributed by atoms with Crippen LogP contribution in [0.4, 0.5) is 0 Å². The van der Waals surface area contributed by atoms with Gasteiger partial charge in [0.2, 0.25) is 0 Å². The standard InChI is InChI=1S/C19H30S2.H2/c1-5-20-17-9-7-6-8-10-18(17)21-16-13-11-15(12-14-16)19(2,3)4;/h11-14,17-18H,5-10H2,1-4H3;1H/t17-,18-;/m0./s1. The fraction of sp³-hybridized carbons (Fsp3) is 0.684. The molecule has 1 aliphatic rings. The van der Waals surface area contributed by atoms with Crippen LogP contribution in [-0.2, 0) is 5.41 Å². The lowest BCUT2D eigenvalue weighted by Gasteiger charge is -2.24. The third kappa shape index (κ3) is 5.25. The van der Waals surface area contributed by atoms with Crippen molar-refractivity contribution in [1.29, 1.82) is 0 Å². The van der Waals surface area contributed by atoms with Crippen molar-refractivity contribution >= 4 is 23.5 Å². The lowest BCUT2D eigenvalue weighted by atomic mass is 9.87. The summed E-state index contributed by atoms with van der Waals surface area (Å²) in [6.45, 7) is 9.16. The van der Waals surface area contributed by atoms with Crippen molar-refractivity contribution in [3.8, 4) is 0 Å². The molecule has 1 fully saturated rings. The van der Waals surface area contributed by atoms with E-state index in [0.29, 0.717) is 0 Å². The Morgan fingerprint density at radius 1 is 1.00 bits per heavy atom. The molecule has 0 aliphatic heterocycles. The second-order valence-corrected chi connectivity index (χ2v) is 9.89. The first-order valence-electron chi connectivity index (χ1n) is 8.39. The molecule has 1 saturated carbocycles. The Balaban J connectivity index is 0.00000242. The van der Waals surface area contributed by atoms with Gasteiger partial charge in [-0.05, 0) is 41.7 Å². The first-order valence-corrected chi connectivity index (χ1v) is 10.3. The molecule has 21 heavy (non-hydrogen) atoms. The molecule has 2 heteroatoms. The highest BCUT2D eigenvalue weighted by atomic mass is 32.2. The van der Waals surface area contributed by atoms with Crippen LogP contribution in [0.15, 0.2) is 29.2 Å². The summed E-state index contributed by atoms with van der Waals surface area (Å²) in [5, 5.41) is 1.66. The summed E-state index contributed by atoms with van der Waals surface area (Å²) in [4.78, 5) is 1.46. The molecule has 0 N–H and O–H groups in total. The highest BCUT2D eigenvalue weighted by Gasteiger charge is 2.24. The Morgan fingerprint density at radius 3 is 2.19 bits per heavy atom. The van der Waals surface area contributed by atoms with Gasteiger partial charge in [0.1, 0.15) is 0 Å². The molecular weight excluding hydrogens is 292 g/mol. The van der Waals surface area contributed by atoms with Crippen LogP contribution in [0, 0.1) is 0 Å². The van der Waals surface area contributed by atoms with E-state index in [0.717, 1.165) is 10.5 Å². The molecule has 120 valence electrons. The molecule has 0 nitrogen and oxygen atoms in total. The second-order valence-electron chi connectivity index (χ2n) is 7.06. The molecule has 0 saturated heterocycles. The lowest BCUT2D eigenvalue weighted by molar-refractivity contribution is 0.589. The van der Waals surface area contributed by atoms with E-state index in [9.17, 15) is 0 Å². The van der Waals surface area contributed by atoms with Crippen molar-refractivity contribution in [1.82, 2.24) is 0 Å². The van der Waals surface area contributed by atoms with Crippen LogP contribution in [0.3, 0.4) is 0 Å². The maximum Gasteiger partial charge on any atom is 0.0213 e. The molecule has 0 radical (unpaired) electrons. The summed E-state index contributed by atoms with van der Waals surface area (Å²) in [5.41, 5.74) is 1.69. The van der Waals surface area contributed by atoms with Gasteiger partial charge < -0.3 is 0 Å². The van der Waals surface area contributed by atoms with Crippen LogP contribution < -0.4 is 0 Å². The van der Waals surface area contributed by atoms with Crippen molar-refractivity contribution in [3.63, 3.8) is 0 Å². The molecule has 0 heterocycles. The number of benzene rings is 1. The van der Waals surface area contributed by atoms with Gasteiger partial charge >= 0.3 is 0 Å². The third-order valence-electron chi connectivity index (χ3n) is 4.28. The minimum atomic E-state index is 0. The summed E-state index contributed by atoms with van der Waals surface area (Å²) < 4.78 is 0. The smallest absolute Gasteiger partial charge is 0.0213 e. The van der Waals surface area contributed by atoms with E-state index in [1.54, 1.807) is 0 Å². The summed E-state index contributed by atoms with van der Waals surface area (Å²) >= 11 is 4.30. The van der Waals surface area contributed by atoms with Crippen LogP contribution in [0.1, 0.15) is 66.8 Å². The lowest BCUT2D eigenvalue weighted by Crippen LogP contribution is -2.18. The van der Waals surface area contributed by atoms with Crippen LogP contribution >= 0.6 is 23.5 Å². The zero-order valence-electron chi connectivity index (χ0n) is 14.0. The fourth-order valence-electron chi connectivity index (χ4n) is 2.99. The molecule has 1 aromatic carbocycles. The van der Waals surface area contributed by atoms with Crippen LogP contribution in [0.5, 0.6) is 0 Å². The molecule has 0 amide bonds. The highest BCUT2D eigenvalue weighted by Crippen LogP contribution is 2.39. The van der Waals surface area contributed by atoms with Crippen LogP contribution in [-0.4, -0.2) is 16.3 Å². The highest BCUT2D eigenvalue weighted by molar-refractivity contribution is 8.03. The number of thioether (sulfide) groups is 2. The normalized spacial score (nSPS) is 23.8. The van der Waals surface area contributed by atoms with Gasteiger partial charge in [0.15, 0.2) is 0 Å². The van der Waals surface area contributed by atoms with Gasteiger partial charge in [-0.3, -0.25) is 0 Å². The molecule has 2 rings (SSSR count). The molecule has 0 aromatic heterocycles. The summed E-state index contributed by atoms with van der Waals surface area (Å²) in [5.74, 6) is 1.25. The Bertz CT molecular complexity index is 422. The molecular formula is C19H32S2. The third-order valence-corrected chi connectivity index (χ3v) is 7.19. The number of hydrogen-bond donors (Lipinski definition) is 0. The summed E-state index contributed by atoms with van der Waals surface area (Å²) in [6.07, 6.45) is 7.08. The molecule has 0 unspecified atom stereocenters. The topological polar surface area (TPSA) is 0 Å². The van der Waals surface area contributed by atoms with Gasteiger partial charge in [-0.15, -0.1) is 11.8 Å². The van der Waals surface area contributed by atoms with E-state index in [2.05, 4.69) is 75.5 Å². The first kappa shape index (κ1) is 17.3. The molecule has 2 atom stereocenters. The maximum absolute atomic E-state index is 2.34. The zero-order chi connectivity index (χ0) is 15.3. The maximum atomic E-state index is 2.34. The van der Waals surface area contributed by atoms with Gasteiger partial charge in [0, 0.05) is 16.8 Å². The Labute approximate surface area is 141 Å². The van der Waals surface area contributed by atoms with E-state index in [4.69, 9.17) is 0 Å². The average Bonchev–Trinajstić information content (AvgIpc) is 2.65. The Kier molecular flexibility index (Phi) is 6.55. The predicted octanol–water partition coefficient (Wildman–Crippen LogP) is 6.78. The van der Waals surface area contributed by atoms with Crippen molar-refractivity contribution < 1.29 is 1.43 Å². The quantitative estimate of drug-likeness (QED) is 0.560. The van der Waals surface area contributed by atoms with E-state index in [-0.39, 0.29) is 6.84 Å². The van der Waals surface area contributed by atoms with Crippen LogP contribution in [0.2, 0.25) is 0 Å². The van der Waals surface area contributed by atoms with Gasteiger partial charge in [-0.25, -0.2) is 0 Å². The minimum absolute atomic E-state index is 0. The van der Waals surface area contributed by atoms with E-state index >= 15 is 0 Å². The summed E-state index contributed by atoms with van der Waals surface area (Å²) in [7, 11) is 0. The largest absolute Gasteiger partial charge is 0.158 e. The second kappa shape index (κ2) is 7.97. The average molecular weight is 325 g/mol. The molecule has 1 aliphatic carbocycles. The van der Waals surface area contributed by atoms with Crippen molar-refractivity contribution in [3.05, 3.63) is 29.8 Å². The van der Waals surface area contributed by atoms with Gasteiger partial charge in [0.25, 0.3) is 0 Å². The predicted molar refractivity (Wildman–Crippen MR) is 102 cm³/mol. The Morgan fingerprint density at radius 2 is 1.62 bits per heavy atom. The first-order chi connectivity index (χ1) is 10.0. The van der Waals surface area contributed by atoms with E-state index in [1.165, 1.54) is 48.3 Å². The summed E-state index contributed by atoms with van der Waals surface area (Å²) in [6, 6.07) is 9.32.